The molecule has 4 aromatic rings. The van der Waals surface area contributed by atoms with Gasteiger partial charge in [-0.1, -0.05) is 53.3 Å². The number of pyridine rings is 1. The third-order valence-corrected chi connectivity index (χ3v) is 7.47. The van der Waals surface area contributed by atoms with Gasteiger partial charge in [0.15, 0.2) is 5.13 Å². The fourth-order valence-corrected chi connectivity index (χ4v) is 5.42. The highest BCUT2D eigenvalue weighted by Gasteiger charge is 2.21. The SMILES string of the molecule is Cc1ccc(Cl)c2sc(N(Cc3cccnc3)C(=O)CCCSc3ccccc3)nc12. The number of fused-ring (bicyclic) bond motifs is 1. The van der Waals surface area contributed by atoms with E-state index in [2.05, 4.69) is 17.1 Å². The maximum Gasteiger partial charge on any atom is 0.229 e. The minimum Gasteiger partial charge on any atom is -0.284 e. The number of benzene rings is 2. The molecule has 31 heavy (non-hydrogen) atoms. The number of hydrogen-bond acceptors (Lipinski definition) is 5. The molecule has 0 fully saturated rings. The number of aryl methyl sites for hydroxylation is 1. The van der Waals surface area contributed by atoms with Crippen LogP contribution in [0.1, 0.15) is 24.0 Å². The van der Waals surface area contributed by atoms with Gasteiger partial charge in [0.05, 0.1) is 21.8 Å². The number of halogens is 1. The van der Waals surface area contributed by atoms with Crippen molar-refractivity contribution in [1.82, 2.24) is 9.97 Å². The second-order valence-corrected chi connectivity index (χ2v) is 9.70. The van der Waals surface area contributed by atoms with E-state index in [9.17, 15) is 4.79 Å². The molecule has 0 radical (unpaired) electrons. The quantitative estimate of drug-likeness (QED) is 0.212. The normalized spacial score (nSPS) is 11.0. The maximum atomic E-state index is 13.2. The smallest absolute Gasteiger partial charge is 0.229 e. The van der Waals surface area contributed by atoms with Crippen molar-refractivity contribution in [2.45, 2.75) is 31.2 Å². The number of nitrogens with zero attached hydrogens (tertiary/aromatic N) is 3. The Hall–Kier alpha value is -2.41. The van der Waals surface area contributed by atoms with E-state index in [-0.39, 0.29) is 5.91 Å². The minimum absolute atomic E-state index is 0.0605. The first-order valence-corrected chi connectivity index (χ1v) is 12.2. The highest BCUT2D eigenvalue weighted by molar-refractivity contribution is 7.99. The summed E-state index contributed by atoms with van der Waals surface area (Å²) in [5, 5.41) is 1.34. The van der Waals surface area contributed by atoms with Crippen molar-refractivity contribution in [1.29, 1.82) is 0 Å². The Morgan fingerprint density at radius 2 is 1.97 bits per heavy atom. The Morgan fingerprint density at radius 3 is 2.71 bits per heavy atom. The number of rotatable bonds is 8. The number of thiazole rings is 1. The van der Waals surface area contributed by atoms with Gasteiger partial charge in [0, 0.05) is 23.7 Å². The highest BCUT2D eigenvalue weighted by Crippen LogP contribution is 2.36. The average molecular weight is 468 g/mol. The van der Waals surface area contributed by atoms with Gasteiger partial charge in [-0.25, -0.2) is 4.98 Å². The first-order valence-electron chi connectivity index (χ1n) is 10.0. The third-order valence-electron chi connectivity index (χ3n) is 4.83. The number of carbonyl (C=O) groups is 1. The summed E-state index contributed by atoms with van der Waals surface area (Å²) in [7, 11) is 0. The molecule has 0 aliphatic carbocycles. The zero-order chi connectivity index (χ0) is 21.6. The van der Waals surface area contributed by atoms with Crippen LogP contribution in [-0.2, 0) is 11.3 Å². The molecular weight excluding hydrogens is 446 g/mol. The lowest BCUT2D eigenvalue weighted by molar-refractivity contribution is -0.118. The van der Waals surface area contributed by atoms with Crippen LogP contribution in [0.25, 0.3) is 10.2 Å². The molecule has 4 rings (SSSR count). The van der Waals surface area contributed by atoms with Crippen LogP contribution >= 0.6 is 34.7 Å². The molecule has 4 nitrogen and oxygen atoms in total. The molecule has 0 aliphatic heterocycles. The van der Waals surface area contributed by atoms with E-state index in [4.69, 9.17) is 16.6 Å². The van der Waals surface area contributed by atoms with Crippen LogP contribution in [0.2, 0.25) is 5.02 Å². The van der Waals surface area contributed by atoms with E-state index in [1.54, 1.807) is 29.1 Å². The Kier molecular flexibility index (Phi) is 7.22. The molecule has 0 saturated carbocycles. The van der Waals surface area contributed by atoms with Gasteiger partial charge < -0.3 is 0 Å². The van der Waals surface area contributed by atoms with Crippen LogP contribution in [0.4, 0.5) is 5.13 Å². The summed E-state index contributed by atoms with van der Waals surface area (Å²) in [4.78, 5) is 25.2. The largest absolute Gasteiger partial charge is 0.284 e. The van der Waals surface area contributed by atoms with Gasteiger partial charge >= 0.3 is 0 Å². The van der Waals surface area contributed by atoms with E-state index < -0.39 is 0 Å². The molecule has 0 aliphatic rings. The second-order valence-electron chi connectivity index (χ2n) is 7.14. The fraction of sp³-hybridized carbons (Fsp3) is 0.208. The molecule has 2 heterocycles. The topological polar surface area (TPSA) is 46.1 Å². The third kappa shape index (κ3) is 5.45. The standard InChI is InChI=1S/C24H22ClN3OS2/c1-17-11-12-20(25)23-22(17)27-24(31-23)28(16-18-7-5-13-26-15-18)21(29)10-6-14-30-19-8-3-2-4-9-19/h2-5,7-9,11-13,15H,6,10,14,16H2,1H3. The molecule has 0 bridgehead atoms. The van der Waals surface area contributed by atoms with Crippen molar-refractivity contribution >= 4 is 56.0 Å². The van der Waals surface area contributed by atoms with Crippen LogP contribution in [0.5, 0.6) is 0 Å². The lowest BCUT2D eigenvalue weighted by Crippen LogP contribution is -2.30. The Morgan fingerprint density at radius 1 is 1.13 bits per heavy atom. The van der Waals surface area contributed by atoms with E-state index in [0.717, 1.165) is 33.5 Å². The molecule has 158 valence electrons. The van der Waals surface area contributed by atoms with Crippen LogP contribution < -0.4 is 4.90 Å². The lowest BCUT2D eigenvalue weighted by atomic mass is 10.2. The number of aromatic nitrogens is 2. The number of amides is 1. The van der Waals surface area contributed by atoms with E-state index in [1.165, 1.54) is 16.2 Å². The molecule has 1 amide bonds. The minimum atomic E-state index is 0.0605. The van der Waals surface area contributed by atoms with Gasteiger partial charge in [-0.05, 0) is 54.5 Å². The van der Waals surface area contributed by atoms with Crippen LogP contribution in [0.15, 0.2) is 71.9 Å². The number of hydrogen-bond donors (Lipinski definition) is 0. The van der Waals surface area contributed by atoms with Crippen LogP contribution in [0.3, 0.4) is 0 Å². The van der Waals surface area contributed by atoms with Gasteiger partial charge in [0.1, 0.15) is 0 Å². The monoisotopic (exact) mass is 467 g/mol. The molecule has 0 unspecified atom stereocenters. The van der Waals surface area contributed by atoms with Gasteiger partial charge in [-0.3, -0.25) is 14.7 Å². The summed E-state index contributed by atoms with van der Waals surface area (Å²) in [6.45, 7) is 2.45. The van der Waals surface area contributed by atoms with E-state index in [0.29, 0.717) is 23.1 Å². The van der Waals surface area contributed by atoms with E-state index in [1.807, 2.05) is 49.4 Å². The van der Waals surface area contributed by atoms with Crippen molar-refractivity contribution < 1.29 is 4.79 Å². The molecule has 2 aromatic heterocycles. The molecule has 0 spiro atoms. The summed E-state index contributed by atoms with van der Waals surface area (Å²) in [6, 6.07) is 18.0. The van der Waals surface area contributed by atoms with Crippen molar-refractivity contribution in [3.8, 4) is 0 Å². The Labute approximate surface area is 195 Å². The number of carbonyl (C=O) groups excluding carboxylic acids is 1. The average Bonchev–Trinajstić information content (AvgIpc) is 3.25. The molecule has 0 N–H and O–H groups in total. The van der Waals surface area contributed by atoms with Crippen LogP contribution in [-0.4, -0.2) is 21.6 Å². The van der Waals surface area contributed by atoms with Gasteiger partial charge in [0.2, 0.25) is 5.91 Å². The van der Waals surface area contributed by atoms with Gasteiger partial charge in [0.25, 0.3) is 0 Å². The molecule has 2 aromatic carbocycles. The van der Waals surface area contributed by atoms with Crippen molar-refractivity contribution in [2.75, 3.05) is 10.7 Å². The summed E-state index contributed by atoms with van der Waals surface area (Å²) in [5.41, 5.74) is 2.88. The summed E-state index contributed by atoms with van der Waals surface area (Å²) in [6.07, 6.45) is 4.78. The molecule has 0 saturated heterocycles. The number of thioether (sulfide) groups is 1. The first-order chi connectivity index (χ1) is 15.1. The highest BCUT2D eigenvalue weighted by atomic mass is 35.5. The molecule has 0 atom stereocenters. The van der Waals surface area contributed by atoms with Crippen molar-refractivity contribution in [3.05, 3.63) is 83.1 Å². The molecular formula is C24H22ClN3OS2. The zero-order valence-corrected chi connectivity index (χ0v) is 19.5. The summed E-state index contributed by atoms with van der Waals surface area (Å²) < 4.78 is 0.917. The van der Waals surface area contributed by atoms with Gasteiger partial charge in [-0.2, -0.15) is 0 Å². The van der Waals surface area contributed by atoms with Crippen molar-refractivity contribution in [2.24, 2.45) is 0 Å². The summed E-state index contributed by atoms with van der Waals surface area (Å²) in [5.74, 6) is 0.951. The predicted octanol–water partition coefficient (Wildman–Crippen LogP) is 6.76. The first kappa shape index (κ1) is 21.8. The molecule has 7 heteroatoms. The van der Waals surface area contributed by atoms with E-state index >= 15 is 0 Å². The lowest BCUT2D eigenvalue weighted by Gasteiger charge is -2.20. The van der Waals surface area contributed by atoms with Crippen LogP contribution in [0, 0.1) is 6.92 Å². The predicted molar refractivity (Wildman–Crippen MR) is 131 cm³/mol. The zero-order valence-electron chi connectivity index (χ0n) is 17.1. The number of anilines is 1. The van der Waals surface area contributed by atoms with Gasteiger partial charge in [-0.15, -0.1) is 11.8 Å². The van der Waals surface area contributed by atoms with Crippen molar-refractivity contribution in [3.63, 3.8) is 0 Å². The maximum absolute atomic E-state index is 13.2. The fourth-order valence-electron chi connectivity index (χ4n) is 3.21. The Bertz CT molecular complexity index is 1130. The second kappa shape index (κ2) is 10.3. The summed E-state index contributed by atoms with van der Waals surface area (Å²) >= 11 is 9.64. The Balaban J connectivity index is 1.52.